The van der Waals surface area contributed by atoms with Crippen molar-refractivity contribution >= 4 is 16.1 Å². The molecule has 0 unspecified atom stereocenters. The summed E-state index contributed by atoms with van der Waals surface area (Å²) in [7, 11) is -3.67. The highest BCUT2D eigenvalue weighted by Crippen LogP contribution is 2.47. The van der Waals surface area contributed by atoms with Gasteiger partial charge in [0.2, 0.25) is 10.0 Å². The largest absolute Gasteiger partial charge is 0.338 e. The van der Waals surface area contributed by atoms with Gasteiger partial charge in [-0.3, -0.25) is 0 Å². The third-order valence-corrected chi connectivity index (χ3v) is 5.71. The fourth-order valence-corrected chi connectivity index (χ4v) is 3.50. The van der Waals surface area contributed by atoms with Crippen LogP contribution < -0.4 is 15.8 Å². The van der Waals surface area contributed by atoms with Crippen molar-refractivity contribution in [2.45, 2.75) is 29.6 Å². The van der Waals surface area contributed by atoms with E-state index in [-0.39, 0.29) is 16.3 Å². The number of urea groups is 1. The molecular formula is C19H23N3O3S. The van der Waals surface area contributed by atoms with Gasteiger partial charge in [-0.05, 0) is 42.5 Å². The first-order valence-electron chi connectivity index (χ1n) is 8.58. The van der Waals surface area contributed by atoms with Crippen LogP contribution in [0.5, 0.6) is 0 Å². The Kier molecular flexibility index (Phi) is 5.29. The number of sulfonamides is 1. The molecule has 6 nitrogen and oxygen atoms in total. The first-order valence-corrected chi connectivity index (χ1v) is 10.1. The third kappa shape index (κ3) is 4.62. The molecule has 0 aromatic heterocycles. The van der Waals surface area contributed by atoms with Gasteiger partial charge in [0, 0.05) is 18.5 Å². The summed E-state index contributed by atoms with van der Waals surface area (Å²) in [6.45, 7) is 1.10. The van der Waals surface area contributed by atoms with Crippen LogP contribution in [0.3, 0.4) is 0 Å². The molecule has 26 heavy (non-hydrogen) atoms. The number of carbonyl (C=O) groups excluding carboxylic acids is 1. The average molecular weight is 373 g/mol. The maximum absolute atomic E-state index is 12.0. The molecular weight excluding hydrogens is 350 g/mol. The summed E-state index contributed by atoms with van der Waals surface area (Å²) in [5.74, 6) is 0. The lowest BCUT2D eigenvalue weighted by Gasteiger charge is -2.17. The molecule has 1 fully saturated rings. The maximum atomic E-state index is 12.0. The summed E-state index contributed by atoms with van der Waals surface area (Å²) in [6.07, 6.45) is 2.80. The number of primary sulfonamides is 1. The Balaban J connectivity index is 1.42. The van der Waals surface area contributed by atoms with Crippen LogP contribution in [0.1, 0.15) is 24.0 Å². The van der Waals surface area contributed by atoms with Crippen LogP contribution in [0.4, 0.5) is 4.79 Å². The molecule has 2 aromatic carbocycles. The monoisotopic (exact) mass is 373 g/mol. The molecule has 0 aliphatic heterocycles. The second-order valence-electron chi connectivity index (χ2n) is 6.69. The van der Waals surface area contributed by atoms with Crippen LogP contribution >= 0.6 is 0 Å². The van der Waals surface area contributed by atoms with Gasteiger partial charge in [0.15, 0.2) is 0 Å². The Morgan fingerprint density at radius 2 is 1.65 bits per heavy atom. The highest BCUT2D eigenvalue weighted by atomic mass is 32.2. The van der Waals surface area contributed by atoms with E-state index in [1.807, 2.05) is 18.2 Å². The fourth-order valence-electron chi connectivity index (χ4n) is 2.99. The molecule has 3 rings (SSSR count). The molecule has 7 heteroatoms. The average Bonchev–Trinajstić information content (AvgIpc) is 3.42. The SMILES string of the molecule is NS(=O)(=O)c1ccc(CCNC(=O)NCC2(c3ccccc3)CC2)cc1. The molecule has 138 valence electrons. The standard InChI is InChI=1S/C19H23N3O3S/c20-26(24,25)17-8-6-15(7-9-17)10-13-21-18(23)22-14-19(11-12-19)16-4-2-1-3-5-16/h1-9H,10-14H2,(H2,20,24,25)(H2,21,22,23). The number of hydrogen-bond acceptors (Lipinski definition) is 3. The molecule has 0 radical (unpaired) electrons. The summed E-state index contributed by atoms with van der Waals surface area (Å²) in [5.41, 5.74) is 2.29. The maximum Gasteiger partial charge on any atom is 0.314 e. The molecule has 0 bridgehead atoms. The second-order valence-corrected chi connectivity index (χ2v) is 8.26. The van der Waals surface area contributed by atoms with Crippen LogP contribution in [0, 0.1) is 0 Å². The zero-order chi connectivity index (χ0) is 18.6. The summed E-state index contributed by atoms with van der Waals surface area (Å²) < 4.78 is 22.4. The van der Waals surface area contributed by atoms with Crippen LogP contribution in [0.15, 0.2) is 59.5 Å². The van der Waals surface area contributed by atoms with Crippen molar-refractivity contribution in [2.75, 3.05) is 13.1 Å². The Labute approximate surface area is 153 Å². The van der Waals surface area contributed by atoms with E-state index < -0.39 is 10.0 Å². The van der Waals surface area contributed by atoms with Crippen molar-refractivity contribution in [1.29, 1.82) is 0 Å². The van der Waals surface area contributed by atoms with Gasteiger partial charge in [-0.1, -0.05) is 42.5 Å². The summed E-state index contributed by atoms with van der Waals surface area (Å²) in [6, 6.07) is 16.4. The molecule has 1 aliphatic rings. The third-order valence-electron chi connectivity index (χ3n) is 4.78. The van der Waals surface area contributed by atoms with Crippen molar-refractivity contribution in [2.24, 2.45) is 5.14 Å². The zero-order valence-electron chi connectivity index (χ0n) is 14.4. The second kappa shape index (κ2) is 7.47. The van der Waals surface area contributed by atoms with Crippen molar-refractivity contribution in [3.63, 3.8) is 0 Å². The van der Waals surface area contributed by atoms with Crippen molar-refractivity contribution in [1.82, 2.24) is 10.6 Å². The van der Waals surface area contributed by atoms with E-state index in [4.69, 9.17) is 5.14 Å². The van der Waals surface area contributed by atoms with E-state index in [1.165, 1.54) is 17.7 Å². The van der Waals surface area contributed by atoms with Gasteiger partial charge in [-0.15, -0.1) is 0 Å². The lowest BCUT2D eigenvalue weighted by molar-refractivity contribution is 0.240. The molecule has 1 aliphatic carbocycles. The van der Waals surface area contributed by atoms with Gasteiger partial charge in [0.05, 0.1) is 4.90 Å². The first kappa shape index (κ1) is 18.4. The first-order chi connectivity index (χ1) is 12.4. The predicted molar refractivity (Wildman–Crippen MR) is 100 cm³/mol. The van der Waals surface area contributed by atoms with Crippen LogP contribution in [0.25, 0.3) is 0 Å². The number of hydrogen-bond donors (Lipinski definition) is 3. The number of nitrogens with one attached hydrogen (secondary N) is 2. The van der Waals surface area contributed by atoms with Crippen LogP contribution in [0.2, 0.25) is 0 Å². The van der Waals surface area contributed by atoms with Gasteiger partial charge < -0.3 is 10.6 Å². The molecule has 4 N–H and O–H groups in total. The van der Waals surface area contributed by atoms with Gasteiger partial charge in [-0.25, -0.2) is 18.4 Å². The molecule has 0 atom stereocenters. The Morgan fingerprint density at radius 1 is 1.00 bits per heavy atom. The van der Waals surface area contributed by atoms with E-state index in [1.54, 1.807) is 12.1 Å². The molecule has 0 spiro atoms. The predicted octanol–water partition coefficient (Wildman–Crippen LogP) is 1.91. The molecule has 1 saturated carbocycles. The number of rotatable bonds is 7. The molecule has 0 heterocycles. The van der Waals surface area contributed by atoms with Crippen LogP contribution in [-0.2, 0) is 21.9 Å². The Hall–Kier alpha value is -2.38. The zero-order valence-corrected chi connectivity index (χ0v) is 15.3. The minimum absolute atomic E-state index is 0.0855. The number of amides is 2. The van der Waals surface area contributed by atoms with Gasteiger partial charge >= 0.3 is 6.03 Å². The lowest BCUT2D eigenvalue weighted by Crippen LogP contribution is -2.40. The van der Waals surface area contributed by atoms with E-state index in [2.05, 4.69) is 22.8 Å². The van der Waals surface area contributed by atoms with Crippen LogP contribution in [-0.4, -0.2) is 27.5 Å². The van der Waals surface area contributed by atoms with Gasteiger partial charge in [0.25, 0.3) is 0 Å². The smallest absolute Gasteiger partial charge is 0.314 e. The van der Waals surface area contributed by atoms with Gasteiger partial charge in [-0.2, -0.15) is 0 Å². The molecule has 2 aromatic rings. The molecule has 0 saturated heterocycles. The quantitative estimate of drug-likeness (QED) is 0.691. The van der Waals surface area contributed by atoms with Crippen molar-refractivity contribution < 1.29 is 13.2 Å². The summed E-state index contributed by atoms with van der Waals surface area (Å²) in [5, 5.41) is 10.9. The van der Waals surface area contributed by atoms with E-state index in [0.29, 0.717) is 19.5 Å². The van der Waals surface area contributed by atoms with E-state index >= 15 is 0 Å². The minimum atomic E-state index is -3.67. The summed E-state index contributed by atoms with van der Waals surface area (Å²) >= 11 is 0. The van der Waals surface area contributed by atoms with Crippen molar-refractivity contribution in [3.05, 3.63) is 65.7 Å². The number of benzene rings is 2. The fraction of sp³-hybridized carbons (Fsp3) is 0.316. The van der Waals surface area contributed by atoms with E-state index in [0.717, 1.165) is 18.4 Å². The number of carbonyl (C=O) groups is 1. The Bertz CT molecular complexity index is 861. The summed E-state index contributed by atoms with van der Waals surface area (Å²) in [4.78, 5) is 12.1. The highest BCUT2D eigenvalue weighted by molar-refractivity contribution is 7.89. The lowest BCUT2D eigenvalue weighted by atomic mass is 9.96. The Morgan fingerprint density at radius 3 is 2.23 bits per heavy atom. The van der Waals surface area contributed by atoms with Crippen molar-refractivity contribution in [3.8, 4) is 0 Å². The van der Waals surface area contributed by atoms with Gasteiger partial charge in [0.1, 0.15) is 0 Å². The highest BCUT2D eigenvalue weighted by Gasteiger charge is 2.44. The normalized spacial score (nSPS) is 15.3. The minimum Gasteiger partial charge on any atom is -0.338 e. The molecule has 2 amide bonds. The van der Waals surface area contributed by atoms with E-state index in [9.17, 15) is 13.2 Å². The topological polar surface area (TPSA) is 101 Å². The number of nitrogens with two attached hydrogens (primary N) is 1.